The van der Waals surface area contributed by atoms with Gasteiger partial charge in [0.25, 0.3) is 0 Å². The molecule has 0 aliphatic carbocycles. The molecule has 1 amide bonds. The zero-order valence-corrected chi connectivity index (χ0v) is 16.2. The van der Waals surface area contributed by atoms with Crippen LogP contribution in [-0.2, 0) is 24.8 Å². The van der Waals surface area contributed by atoms with Crippen LogP contribution >= 0.6 is 0 Å². The highest BCUT2D eigenvalue weighted by Crippen LogP contribution is 2.27. The molecule has 3 aromatic rings. The van der Waals surface area contributed by atoms with E-state index >= 15 is 0 Å². The second-order valence-electron chi connectivity index (χ2n) is 7.45. The molecule has 3 aromatic heterocycles. The summed E-state index contributed by atoms with van der Waals surface area (Å²) >= 11 is 0. The first-order valence-corrected chi connectivity index (χ1v) is 9.84. The Hall–Kier alpha value is -2.96. The molecular formula is C21H26N6O. The van der Waals surface area contributed by atoms with E-state index in [1.807, 2.05) is 61.3 Å². The minimum absolute atomic E-state index is 0.238. The van der Waals surface area contributed by atoms with Gasteiger partial charge >= 0.3 is 0 Å². The maximum absolute atomic E-state index is 12.6. The number of likely N-dealkylation sites (tertiary alicyclic amines) is 1. The van der Waals surface area contributed by atoms with Crippen LogP contribution in [0.5, 0.6) is 0 Å². The lowest BCUT2D eigenvalue weighted by Crippen LogP contribution is -2.38. The summed E-state index contributed by atoms with van der Waals surface area (Å²) in [6.45, 7) is 2.42. The second kappa shape index (κ2) is 8.37. The fourth-order valence-corrected chi connectivity index (χ4v) is 3.90. The minimum atomic E-state index is 0.238. The number of rotatable bonds is 6. The van der Waals surface area contributed by atoms with E-state index in [4.69, 9.17) is 0 Å². The van der Waals surface area contributed by atoms with Gasteiger partial charge in [0.2, 0.25) is 5.91 Å². The minimum Gasteiger partial charge on any atom is -0.343 e. The monoisotopic (exact) mass is 378 g/mol. The molecule has 7 nitrogen and oxygen atoms in total. The molecule has 7 heteroatoms. The maximum Gasteiger partial charge on any atom is 0.222 e. The Morgan fingerprint density at radius 2 is 1.93 bits per heavy atom. The normalized spacial score (nSPS) is 15.1. The van der Waals surface area contributed by atoms with Crippen molar-refractivity contribution in [3.8, 4) is 0 Å². The van der Waals surface area contributed by atoms with E-state index in [0.717, 1.165) is 50.3 Å². The van der Waals surface area contributed by atoms with Crippen LogP contribution in [0.25, 0.3) is 0 Å². The first kappa shape index (κ1) is 18.4. The van der Waals surface area contributed by atoms with Crippen molar-refractivity contribution in [1.29, 1.82) is 0 Å². The average Bonchev–Trinajstić information content (AvgIpc) is 3.36. The summed E-state index contributed by atoms with van der Waals surface area (Å²) < 4.78 is 4.00. The van der Waals surface area contributed by atoms with Crippen LogP contribution in [0.1, 0.15) is 42.1 Å². The number of hydrogen-bond acceptors (Lipinski definition) is 4. The smallest absolute Gasteiger partial charge is 0.222 e. The lowest BCUT2D eigenvalue weighted by Gasteiger charge is -2.32. The summed E-state index contributed by atoms with van der Waals surface area (Å²) in [6, 6.07) is 4.07. The van der Waals surface area contributed by atoms with Gasteiger partial charge in [0.1, 0.15) is 5.82 Å². The van der Waals surface area contributed by atoms with Crippen LogP contribution in [0.3, 0.4) is 0 Å². The third-order valence-electron chi connectivity index (χ3n) is 5.45. The Balaban J connectivity index is 1.31. The highest BCUT2D eigenvalue weighted by Gasteiger charge is 2.26. The Bertz CT molecular complexity index is 908. The number of piperidine rings is 1. The van der Waals surface area contributed by atoms with Crippen LogP contribution in [0.15, 0.2) is 49.3 Å². The molecule has 4 heterocycles. The SMILES string of the molecule is Cn1cc(CCC(=O)N2CCC(c3nccn3Cc3ccncc3)CC2)cn1. The molecule has 1 saturated heterocycles. The molecule has 1 aliphatic heterocycles. The van der Waals surface area contributed by atoms with Gasteiger partial charge in [0, 0.05) is 70.0 Å². The topological polar surface area (TPSA) is 68.8 Å². The third kappa shape index (κ3) is 4.30. The Morgan fingerprint density at radius 1 is 1.14 bits per heavy atom. The van der Waals surface area contributed by atoms with Gasteiger partial charge in [-0.3, -0.25) is 14.5 Å². The molecule has 0 bridgehead atoms. The van der Waals surface area contributed by atoms with Crippen LogP contribution in [0.2, 0.25) is 0 Å². The molecule has 1 fully saturated rings. The molecule has 4 rings (SSSR count). The van der Waals surface area contributed by atoms with Crippen molar-refractivity contribution in [2.75, 3.05) is 13.1 Å². The van der Waals surface area contributed by atoms with Gasteiger partial charge in [-0.2, -0.15) is 5.10 Å². The summed E-state index contributed by atoms with van der Waals surface area (Å²) in [5.74, 6) is 1.76. The summed E-state index contributed by atoms with van der Waals surface area (Å²) in [5, 5.41) is 4.16. The average molecular weight is 378 g/mol. The van der Waals surface area contributed by atoms with Crippen molar-refractivity contribution in [2.45, 2.75) is 38.1 Å². The molecule has 0 aromatic carbocycles. The van der Waals surface area contributed by atoms with Gasteiger partial charge in [0.15, 0.2) is 0 Å². The molecule has 0 spiro atoms. The first-order valence-electron chi connectivity index (χ1n) is 9.84. The van der Waals surface area contributed by atoms with Crippen LogP contribution in [-0.4, -0.2) is 48.2 Å². The Kier molecular flexibility index (Phi) is 5.50. The molecule has 0 unspecified atom stereocenters. The van der Waals surface area contributed by atoms with Crippen molar-refractivity contribution in [2.24, 2.45) is 7.05 Å². The predicted octanol–water partition coefficient (Wildman–Crippen LogP) is 2.40. The number of aromatic nitrogens is 5. The van der Waals surface area contributed by atoms with E-state index in [1.165, 1.54) is 5.56 Å². The summed E-state index contributed by atoms with van der Waals surface area (Å²) in [6.07, 6.45) is 14.6. The third-order valence-corrected chi connectivity index (χ3v) is 5.45. The van der Waals surface area contributed by atoms with Crippen molar-refractivity contribution in [3.63, 3.8) is 0 Å². The summed E-state index contributed by atoms with van der Waals surface area (Å²) in [7, 11) is 1.90. The molecule has 146 valence electrons. The molecule has 1 aliphatic rings. The highest BCUT2D eigenvalue weighted by atomic mass is 16.2. The molecular weight excluding hydrogens is 352 g/mol. The number of imidazole rings is 1. The van der Waals surface area contributed by atoms with Gasteiger partial charge in [-0.1, -0.05) is 0 Å². The zero-order valence-electron chi connectivity index (χ0n) is 16.2. The molecule has 0 atom stereocenters. The number of hydrogen-bond donors (Lipinski definition) is 0. The quantitative estimate of drug-likeness (QED) is 0.660. The van der Waals surface area contributed by atoms with E-state index in [2.05, 4.69) is 19.6 Å². The lowest BCUT2D eigenvalue weighted by atomic mass is 9.95. The number of carbonyl (C=O) groups is 1. The van der Waals surface area contributed by atoms with E-state index in [1.54, 1.807) is 4.68 Å². The molecule has 0 saturated carbocycles. The Morgan fingerprint density at radius 3 is 2.64 bits per heavy atom. The number of amides is 1. The van der Waals surface area contributed by atoms with Gasteiger partial charge in [-0.15, -0.1) is 0 Å². The van der Waals surface area contributed by atoms with Crippen LogP contribution in [0, 0.1) is 0 Å². The van der Waals surface area contributed by atoms with Crippen LogP contribution < -0.4 is 0 Å². The molecule has 0 radical (unpaired) electrons. The van der Waals surface area contributed by atoms with Crippen molar-refractivity contribution < 1.29 is 4.79 Å². The van der Waals surface area contributed by atoms with E-state index in [-0.39, 0.29) is 5.91 Å². The van der Waals surface area contributed by atoms with Gasteiger partial charge in [0.05, 0.1) is 6.20 Å². The lowest BCUT2D eigenvalue weighted by molar-refractivity contribution is -0.132. The van der Waals surface area contributed by atoms with Crippen LogP contribution in [0.4, 0.5) is 0 Å². The number of aryl methyl sites for hydroxylation is 2. The van der Waals surface area contributed by atoms with E-state index in [0.29, 0.717) is 12.3 Å². The molecule has 0 N–H and O–H groups in total. The molecule has 28 heavy (non-hydrogen) atoms. The maximum atomic E-state index is 12.6. The van der Waals surface area contributed by atoms with E-state index < -0.39 is 0 Å². The van der Waals surface area contributed by atoms with Crippen molar-refractivity contribution in [3.05, 3.63) is 66.3 Å². The highest BCUT2D eigenvalue weighted by molar-refractivity contribution is 5.76. The van der Waals surface area contributed by atoms with E-state index in [9.17, 15) is 4.79 Å². The van der Waals surface area contributed by atoms with Gasteiger partial charge in [-0.25, -0.2) is 4.98 Å². The standard InChI is InChI=1S/C21H26N6O/c1-25-15-18(14-24-25)2-3-20(28)26-11-6-19(7-12-26)21-23-10-13-27(21)16-17-4-8-22-9-5-17/h4-5,8-10,13-15,19H,2-3,6-7,11-12,16H2,1H3. The fourth-order valence-electron chi connectivity index (χ4n) is 3.90. The summed E-state index contributed by atoms with van der Waals surface area (Å²) in [5.41, 5.74) is 2.33. The van der Waals surface area contributed by atoms with Gasteiger partial charge in [-0.05, 0) is 42.5 Å². The number of nitrogens with zero attached hydrogens (tertiary/aromatic N) is 6. The predicted molar refractivity (Wildman–Crippen MR) is 106 cm³/mol. The first-order chi connectivity index (χ1) is 13.7. The second-order valence-corrected chi connectivity index (χ2v) is 7.45. The summed E-state index contributed by atoms with van der Waals surface area (Å²) in [4.78, 5) is 23.3. The Labute approximate surface area is 165 Å². The van der Waals surface area contributed by atoms with Gasteiger partial charge < -0.3 is 9.47 Å². The van der Waals surface area contributed by atoms with Crippen molar-refractivity contribution >= 4 is 5.91 Å². The number of pyridine rings is 1. The van der Waals surface area contributed by atoms with Crippen molar-refractivity contribution in [1.82, 2.24) is 29.2 Å². The largest absolute Gasteiger partial charge is 0.343 e. The zero-order chi connectivity index (χ0) is 19.3. The number of carbonyl (C=O) groups excluding carboxylic acids is 1. The fraction of sp³-hybridized carbons (Fsp3) is 0.429.